The molecule has 0 fully saturated rings. The van der Waals surface area contributed by atoms with Gasteiger partial charge in [0.15, 0.2) is 0 Å². The maximum atomic E-state index is 13.8. The van der Waals surface area contributed by atoms with Crippen LogP contribution >= 0.6 is 11.6 Å². The van der Waals surface area contributed by atoms with Gasteiger partial charge in [-0.05, 0) is 23.8 Å². The number of ether oxygens (including phenoxy) is 1. The molecule has 1 heterocycles. The van der Waals surface area contributed by atoms with Gasteiger partial charge >= 0.3 is 0 Å². The highest BCUT2D eigenvalue weighted by molar-refractivity contribution is 6.33. The molecule has 0 aliphatic heterocycles. The van der Waals surface area contributed by atoms with E-state index in [9.17, 15) is 9.50 Å². The zero-order valence-corrected chi connectivity index (χ0v) is 13.1. The van der Waals surface area contributed by atoms with Crippen molar-refractivity contribution in [2.24, 2.45) is 0 Å². The van der Waals surface area contributed by atoms with Crippen molar-refractivity contribution in [3.05, 3.63) is 58.9 Å². The number of halogens is 2. The van der Waals surface area contributed by atoms with Crippen molar-refractivity contribution in [2.45, 2.75) is 6.54 Å². The first-order valence-electron chi connectivity index (χ1n) is 6.92. The fraction of sp³-hybridized carbons (Fsp3) is 0.118. The van der Waals surface area contributed by atoms with Crippen LogP contribution in [0.4, 0.5) is 10.2 Å². The van der Waals surface area contributed by atoms with Crippen molar-refractivity contribution in [3.8, 4) is 11.5 Å². The van der Waals surface area contributed by atoms with Gasteiger partial charge in [0.1, 0.15) is 23.1 Å². The fourth-order valence-electron chi connectivity index (χ4n) is 2.25. The third-order valence-electron chi connectivity index (χ3n) is 3.44. The van der Waals surface area contributed by atoms with Gasteiger partial charge in [0.25, 0.3) is 0 Å². The van der Waals surface area contributed by atoms with E-state index >= 15 is 0 Å². The predicted molar refractivity (Wildman–Crippen MR) is 88.7 cm³/mol. The molecule has 0 atom stereocenters. The molecule has 0 radical (unpaired) electrons. The van der Waals surface area contributed by atoms with Crippen molar-refractivity contribution in [1.82, 2.24) is 4.98 Å². The molecule has 0 aliphatic carbocycles. The highest BCUT2D eigenvalue weighted by Gasteiger charge is 2.10. The largest absolute Gasteiger partial charge is 0.508 e. The Hall–Kier alpha value is -2.53. The number of phenolic OH excluding ortho intramolecular Hbond substituents is 1. The Bertz CT molecular complexity index is 853. The third-order valence-corrected chi connectivity index (χ3v) is 3.73. The van der Waals surface area contributed by atoms with Crippen LogP contribution in [-0.2, 0) is 6.54 Å². The molecule has 6 heteroatoms. The molecule has 2 N–H and O–H groups in total. The van der Waals surface area contributed by atoms with Crippen molar-refractivity contribution < 1.29 is 14.2 Å². The molecular weight excluding hydrogens is 319 g/mol. The molecule has 4 nitrogen and oxygen atoms in total. The first-order valence-corrected chi connectivity index (χ1v) is 7.30. The van der Waals surface area contributed by atoms with Crippen molar-refractivity contribution in [1.29, 1.82) is 0 Å². The van der Waals surface area contributed by atoms with Gasteiger partial charge in [-0.1, -0.05) is 23.7 Å². The quantitative estimate of drug-likeness (QED) is 0.745. The molecule has 2 aromatic carbocycles. The zero-order valence-electron chi connectivity index (χ0n) is 12.3. The van der Waals surface area contributed by atoms with Crippen LogP contribution in [0.5, 0.6) is 11.5 Å². The summed E-state index contributed by atoms with van der Waals surface area (Å²) in [6.07, 6.45) is 0. The third kappa shape index (κ3) is 3.29. The number of hydrogen-bond acceptors (Lipinski definition) is 4. The van der Waals surface area contributed by atoms with Gasteiger partial charge in [0.05, 0.1) is 17.6 Å². The molecule has 3 aromatic rings. The van der Waals surface area contributed by atoms with Gasteiger partial charge in [-0.15, -0.1) is 0 Å². The molecule has 0 amide bonds. The minimum Gasteiger partial charge on any atom is -0.508 e. The molecule has 0 spiro atoms. The van der Waals surface area contributed by atoms with E-state index in [0.29, 0.717) is 22.9 Å². The van der Waals surface area contributed by atoms with Crippen LogP contribution < -0.4 is 10.1 Å². The van der Waals surface area contributed by atoms with E-state index in [1.165, 1.54) is 12.1 Å². The Kier molecular flexibility index (Phi) is 4.21. The molecule has 0 unspecified atom stereocenters. The molecule has 0 bridgehead atoms. The molecule has 118 valence electrons. The summed E-state index contributed by atoms with van der Waals surface area (Å²) in [5, 5.41) is 13.2. The zero-order chi connectivity index (χ0) is 16.4. The molecule has 0 saturated carbocycles. The number of fused-ring (bicyclic) bond motifs is 1. The summed E-state index contributed by atoms with van der Waals surface area (Å²) in [6.45, 7) is 0.503. The SMILES string of the molecule is COc1ccc(CNc2nc3cc(O)cc(F)c3cc2Cl)cc1. The van der Waals surface area contributed by atoms with Crippen LogP contribution in [0.25, 0.3) is 10.9 Å². The number of nitrogens with one attached hydrogen (secondary N) is 1. The van der Waals surface area contributed by atoms with Crippen LogP contribution in [-0.4, -0.2) is 17.2 Å². The van der Waals surface area contributed by atoms with Crippen molar-refractivity contribution >= 4 is 28.3 Å². The van der Waals surface area contributed by atoms with Gasteiger partial charge in [-0.2, -0.15) is 0 Å². The van der Waals surface area contributed by atoms with E-state index in [4.69, 9.17) is 16.3 Å². The summed E-state index contributed by atoms with van der Waals surface area (Å²) >= 11 is 6.15. The number of hydrogen-bond donors (Lipinski definition) is 2. The van der Waals surface area contributed by atoms with Gasteiger partial charge in [0.2, 0.25) is 0 Å². The maximum Gasteiger partial charge on any atom is 0.145 e. The average molecular weight is 333 g/mol. The Morgan fingerprint density at radius 2 is 1.96 bits per heavy atom. The first-order chi connectivity index (χ1) is 11.1. The number of rotatable bonds is 4. The van der Waals surface area contributed by atoms with Crippen molar-refractivity contribution in [2.75, 3.05) is 12.4 Å². The summed E-state index contributed by atoms with van der Waals surface area (Å²) < 4.78 is 18.9. The highest BCUT2D eigenvalue weighted by Crippen LogP contribution is 2.29. The molecular formula is C17H14ClFN2O2. The van der Waals surface area contributed by atoms with E-state index < -0.39 is 5.82 Å². The monoisotopic (exact) mass is 332 g/mol. The Balaban J connectivity index is 1.85. The second kappa shape index (κ2) is 6.30. The lowest BCUT2D eigenvalue weighted by molar-refractivity contribution is 0.414. The summed E-state index contributed by atoms with van der Waals surface area (Å²) in [4.78, 5) is 4.28. The van der Waals surface area contributed by atoms with E-state index in [1.54, 1.807) is 7.11 Å². The van der Waals surface area contributed by atoms with Crippen LogP contribution in [0.2, 0.25) is 5.02 Å². The van der Waals surface area contributed by atoms with Gasteiger partial charge in [0, 0.05) is 24.1 Å². The summed E-state index contributed by atoms with van der Waals surface area (Å²) in [6, 6.07) is 11.5. The minimum atomic E-state index is -0.559. The second-order valence-corrected chi connectivity index (χ2v) is 5.42. The van der Waals surface area contributed by atoms with Gasteiger partial charge in [-0.25, -0.2) is 9.37 Å². The van der Waals surface area contributed by atoms with Gasteiger partial charge < -0.3 is 15.2 Å². The Morgan fingerprint density at radius 3 is 2.65 bits per heavy atom. The van der Waals surface area contributed by atoms with E-state index in [2.05, 4.69) is 10.3 Å². The average Bonchev–Trinajstić information content (AvgIpc) is 2.54. The van der Waals surface area contributed by atoms with Crippen LogP contribution in [0.3, 0.4) is 0 Å². The molecule has 0 saturated heterocycles. The molecule has 0 aliphatic rings. The number of benzene rings is 2. The summed E-state index contributed by atoms with van der Waals surface area (Å²) in [7, 11) is 1.61. The van der Waals surface area contributed by atoms with Crippen molar-refractivity contribution in [3.63, 3.8) is 0 Å². The Labute approximate surface area is 137 Å². The van der Waals surface area contributed by atoms with Gasteiger partial charge in [-0.3, -0.25) is 0 Å². The number of aromatic nitrogens is 1. The number of phenols is 1. The van der Waals surface area contributed by atoms with E-state index in [-0.39, 0.29) is 11.1 Å². The lowest BCUT2D eigenvalue weighted by Crippen LogP contribution is -2.02. The molecule has 23 heavy (non-hydrogen) atoms. The van der Waals surface area contributed by atoms with E-state index in [0.717, 1.165) is 17.4 Å². The first kappa shape index (κ1) is 15.4. The summed E-state index contributed by atoms with van der Waals surface area (Å²) in [5.41, 5.74) is 1.36. The normalized spacial score (nSPS) is 10.7. The van der Waals surface area contributed by atoms with Crippen LogP contribution in [0, 0.1) is 5.82 Å². The fourth-order valence-corrected chi connectivity index (χ4v) is 2.47. The number of aromatic hydroxyl groups is 1. The topological polar surface area (TPSA) is 54.4 Å². The number of pyridine rings is 1. The highest BCUT2D eigenvalue weighted by atomic mass is 35.5. The lowest BCUT2D eigenvalue weighted by atomic mass is 10.2. The van der Waals surface area contributed by atoms with Crippen LogP contribution in [0.15, 0.2) is 42.5 Å². The standard InChI is InChI=1S/C17H14ClFN2O2/c1-23-12-4-2-10(3-5-12)9-20-17-14(18)8-13-15(19)6-11(22)7-16(13)21-17/h2-8,22H,9H2,1H3,(H,20,21). The van der Waals surface area contributed by atoms with E-state index in [1.807, 2.05) is 24.3 Å². The maximum absolute atomic E-state index is 13.8. The van der Waals surface area contributed by atoms with Crippen LogP contribution in [0.1, 0.15) is 5.56 Å². The number of anilines is 1. The molecule has 3 rings (SSSR count). The lowest BCUT2D eigenvalue weighted by Gasteiger charge is -2.10. The number of methoxy groups -OCH3 is 1. The predicted octanol–water partition coefficient (Wildman–Crippen LogP) is 4.35. The second-order valence-electron chi connectivity index (χ2n) is 5.01. The number of nitrogens with zero attached hydrogens (tertiary/aromatic N) is 1. The smallest absolute Gasteiger partial charge is 0.145 e. The molecule has 1 aromatic heterocycles. The minimum absolute atomic E-state index is 0.175. The Morgan fingerprint density at radius 1 is 1.22 bits per heavy atom. The summed E-state index contributed by atoms with van der Waals surface area (Å²) in [5.74, 6) is 0.476.